The van der Waals surface area contributed by atoms with Gasteiger partial charge >= 0.3 is 0 Å². The van der Waals surface area contributed by atoms with Crippen molar-refractivity contribution >= 4 is 77.2 Å². The first-order chi connectivity index (χ1) is 31.7. The maximum atomic E-state index is 4.20. The second-order valence-electron chi connectivity index (χ2n) is 17.2. The van der Waals surface area contributed by atoms with Crippen LogP contribution in [0.15, 0.2) is 176 Å². The Morgan fingerprint density at radius 2 is 1.33 bits per heavy atom. The lowest BCUT2D eigenvalue weighted by atomic mass is 9.89. The topological polar surface area (TPSA) is 33.9 Å². The number of aromatic nitrogens is 2. The summed E-state index contributed by atoms with van der Waals surface area (Å²) in [5.41, 5.74) is 19.1. The van der Waals surface area contributed by atoms with E-state index in [-0.39, 0.29) is 12.3 Å². The minimum atomic E-state index is -0.220. The molecule has 2 aromatic heterocycles. The van der Waals surface area contributed by atoms with Crippen molar-refractivity contribution in [1.29, 1.82) is 0 Å². The Morgan fingerprint density at radius 3 is 2.19 bits per heavy atom. The molecule has 1 aliphatic heterocycles. The molecule has 2 aliphatic carbocycles. The number of para-hydroxylation sites is 3. The number of benzene rings is 8. The average molecular weight is 827 g/mol. The molecule has 0 fully saturated rings. The fraction of sp³-hybridized carbons (Fsp3) is 0.133. The van der Waals surface area contributed by atoms with E-state index >= 15 is 0 Å². The molecule has 2 unspecified atom stereocenters. The molecule has 4 heteroatoms. The van der Waals surface area contributed by atoms with E-state index in [1.54, 1.807) is 0 Å². The lowest BCUT2D eigenvalue weighted by molar-refractivity contribution is 0.407. The molecule has 0 bridgehead atoms. The van der Waals surface area contributed by atoms with Gasteiger partial charge in [0.15, 0.2) is 6.29 Å². The Morgan fingerprint density at radius 1 is 0.594 bits per heavy atom. The first-order valence-electron chi connectivity index (χ1n) is 23.0. The lowest BCUT2D eigenvalue weighted by Gasteiger charge is -2.37. The number of hydrogen-bond donors (Lipinski definition) is 2. The van der Waals surface area contributed by atoms with Gasteiger partial charge in [-0.3, -0.25) is 5.32 Å². The molecule has 0 amide bonds. The van der Waals surface area contributed by atoms with Gasteiger partial charge in [0.25, 0.3) is 0 Å². The van der Waals surface area contributed by atoms with Gasteiger partial charge in [0.05, 0.1) is 22.6 Å². The maximum Gasteiger partial charge on any atom is 0.160 e. The number of hydrogen-bond acceptors (Lipinski definition) is 2. The average Bonchev–Trinajstić information content (AvgIpc) is 3.97. The zero-order valence-corrected chi connectivity index (χ0v) is 36.8. The van der Waals surface area contributed by atoms with Gasteiger partial charge in [-0.15, -0.1) is 0 Å². The molecule has 0 saturated carbocycles. The molecule has 3 aliphatic rings. The fourth-order valence-corrected chi connectivity index (χ4v) is 11.3. The van der Waals surface area contributed by atoms with Gasteiger partial charge in [-0.1, -0.05) is 147 Å². The van der Waals surface area contributed by atoms with Crippen molar-refractivity contribution in [3.8, 4) is 16.8 Å². The van der Waals surface area contributed by atoms with E-state index in [4.69, 9.17) is 0 Å². The van der Waals surface area contributed by atoms with Gasteiger partial charge in [0, 0.05) is 33.2 Å². The Kier molecular flexibility index (Phi) is 9.06. The van der Waals surface area contributed by atoms with Crippen LogP contribution in [0, 0.1) is 0 Å². The van der Waals surface area contributed by atoms with Crippen LogP contribution in [0.1, 0.15) is 80.0 Å². The molecule has 10 aromatic rings. The van der Waals surface area contributed by atoms with Gasteiger partial charge in [-0.05, 0) is 147 Å². The van der Waals surface area contributed by atoms with Crippen LogP contribution in [0.3, 0.4) is 0 Å². The quantitative estimate of drug-likeness (QED) is 0.181. The van der Waals surface area contributed by atoms with E-state index in [9.17, 15) is 0 Å². The molecule has 8 aromatic carbocycles. The molecule has 0 saturated heterocycles. The van der Waals surface area contributed by atoms with Crippen LogP contribution in [-0.2, 0) is 6.42 Å². The van der Waals surface area contributed by atoms with E-state index in [0.29, 0.717) is 0 Å². The Labute approximate surface area is 374 Å². The normalized spacial score (nSPS) is 16.5. The zero-order chi connectivity index (χ0) is 43.1. The van der Waals surface area contributed by atoms with E-state index in [0.717, 1.165) is 18.5 Å². The molecule has 0 spiro atoms. The highest BCUT2D eigenvalue weighted by molar-refractivity contribution is 6.22. The third-order valence-corrected chi connectivity index (χ3v) is 13.9. The first kappa shape index (κ1) is 38.3. The molecular weight excluding hydrogens is 777 g/mol. The number of nitrogens with zero attached hydrogens (tertiary/aromatic N) is 2. The highest BCUT2D eigenvalue weighted by atomic mass is 15.3. The molecule has 4 nitrogen and oxygen atoms in total. The van der Waals surface area contributed by atoms with Gasteiger partial charge < -0.3 is 14.5 Å². The number of fused-ring (bicyclic) bond motifs is 9. The highest BCUT2D eigenvalue weighted by Crippen LogP contribution is 2.49. The van der Waals surface area contributed by atoms with Crippen LogP contribution < -0.4 is 10.6 Å². The molecule has 310 valence electrons. The minimum absolute atomic E-state index is 0.0556. The van der Waals surface area contributed by atoms with Crippen molar-refractivity contribution in [2.24, 2.45) is 0 Å². The number of allylic oxidation sites excluding steroid dienone is 5. The van der Waals surface area contributed by atoms with Crippen molar-refractivity contribution in [3.05, 3.63) is 209 Å². The number of anilines is 1. The second kappa shape index (κ2) is 15.1. The van der Waals surface area contributed by atoms with Crippen molar-refractivity contribution in [2.75, 3.05) is 5.32 Å². The molecule has 13 rings (SSSR count). The highest BCUT2D eigenvalue weighted by Gasteiger charge is 2.33. The van der Waals surface area contributed by atoms with Gasteiger partial charge in [-0.25, -0.2) is 0 Å². The summed E-state index contributed by atoms with van der Waals surface area (Å²) in [4.78, 5) is 0. The summed E-state index contributed by atoms with van der Waals surface area (Å²) < 4.78 is 4.96. The summed E-state index contributed by atoms with van der Waals surface area (Å²) in [6.45, 7) is 8.38. The Hall–Kier alpha value is -7.40. The summed E-state index contributed by atoms with van der Waals surface area (Å²) in [7, 11) is 0. The molecule has 0 radical (unpaired) electrons. The largest absolute Gasteiger partial charge is 0.352 e. The maximum absolute atomic E-state index is 4.20. The minimum Gasteiger partial charge on any atom is -0.352 e. The van der Waals surface area contributed by atoms with Gasteiger partial charge in [0.1, 0.15) is 0 Å². The smallest absolute Gasteiger partial charge is 0.160 e. The summed E-state index contributed by atoms with van der Waals surface area (Å²) in [6, 6.07) is 58.6. The molecule has 3 heterocycles. The fourth-order valence-electron chi connectivity index (χ4n) is 11.3. The van der Waals surface area contributed by atoms with Crippen molar-refractivity contribution in [1.82, 2.24) is 14.5 Å². The number of nitrogens with one attached hydrogen (secondary N) is 2. The third kappa shape index (κ3) is 5.58. The van der Waals surface area contributed by atoms with Crippen LogP contribution in [-0.4, -0.2) is 9.13 Å². The van der Waals surface area contributed by atoms with Gasteiger partial charge in [-0.2, -0.15) is 0 Å². The SMILES string of the molecule is C/C=C\C1=C(C)c2cccc3c(-c4cc5c(c6c(n5C5Nc7ccccc7C(c7ccc8c(c7)c7ccccc7n8-c7ccccc7)N5)C=CCC6)c5ccccc45)ccc1c23.CC. The summed E-state index contributed by atoms with van der Waals surface area (Å²) >= 11 is 0. The molecule has 64 heavy (non-hydrogen) atoms. The lowest BCUT2D eigenvalue weighted by Crippen LogP contribution is -2.41. The van der Waals surface area contributed by atoms with Crippen LogP contribution in [0.2, 0.25) is 0 Å². The van der Waals surface area contributed by atoms with Crippen LogP contribution in [0.5, 0.6) is 0 Å². The van der Waals surface area contributed by atoms with E-state index in [2.05, 4.69) is 216 Å². The Bertz CT molecular complexity index is 3610. The number of rotatable bonds is 5. The zero-order valence-electron chi connectivity index (χ0n) is 36.8. The summed E-state index contributed by atoms with van der Waals surface area (Å²) in [6.07, 6.45) is 11.0. The first-order valence-corrected chi connectivity index (χ1v) is 23.0. The van der Waals surface area contributed by atoms with E-state index in [1.807, 2.05) is 13.8 Å². The second-order valence-corrected chi connectivity index (χ2v) is 17.2. The van der Waals surface area contributed by atoms with Crippen LogP contribution in [0.4, 0.5) is 5.69 Å². The predicted octanol–water partition coefficient (Wildman–Crippen LogP) is 15.8. The van der Waals surface area contributed by atoms with Gasteiger partial charge in [0.2, 0.25) is 0 Å². The molecule has 2 atom stereocenters. The summed E-state index contributed by atoms with van der Waals surface area (Å²) in [5.74, 6) is 0. The predicted molar refractivity (Wildman–Crippen MR) is 273 cm³/mol. The van der Waals surface area contributed by atoms with E-state index in [1.165, 1.54) is 116 Å². The van der Waals surface area contributed by atoms with Crippen molar-refractivity contribution in [2.45, 2.75) is 52.9 Å². The van der Waals surface area contributed by atoms with Crippen molar-refractivity contribution < 1.29 is 0 Å². The van der Waals surface area contributed by atoms with Crippen molar-refractivity contribution in [3.63, 3.8) is 0 Å². The standard InChI is InChI=1S/C58H44N4.C2H6/c1-3-16-38-35(2)39-24-15-25-43-41(30-31-45(38)55(39)43)48-34-54-56(44-21-8-7-19-40(44)48)47-23-11-14-28-52(47)62(54)58-59-50-26-12-9-22-46(50)57(60-58)36-29-32-53-49(33-36)42-20-10-13-27-51(42)61(53)37-17-5-4-6-18-37;1-2/h3-10,12-22,24-34,57-60H,11,23H2,1-2H3;1-2H3/b16-3-;. The monoisotopic (exact) mass is 826 g/mol. The molecule has 2 N–H and O–H groups in total. The van der Waals surface area contributed by atoms with Crippen LogP contribution >= 0.6 is 0 Å². The third-order valence-electron chi connectivity index (χ3n) is 13.9. The number of aryl methyl sites for hydroxylation is 1. The Balaban J connectivity index is 0.00000214. The summed E-state index contributed by atoms with van der Waals surface area (Å²) in [5, 5.41) is 17.4. The van der Waals surface area contributed by atoms with E-state index < -0.39 is 0 Å². The van der Waals surface area contributed by atoms with Crippen LogP contribution in [0.25, 0.3) is 88.3 Å². The molecular formula is C60H50N4.